The molecule has 0 fully saturated rings. The van der Waals surface area contributed by atoms with Crippen molar-refractivity contribution < 1.29 is 0 Å². The van der Waals surface area contributed by atoms with Gasteiger partial charge in [0.15, 0.2) is 11.5 Å². The van der Waals surface area contributed by atoms with Gasteiger partial charge in [0, 0.05) is 11.8 Å². The lowest BCUT2D eigenvalue weighted by molar-refractivity contribution is 0.881. The second-order valence-corrected chi connectivity index (χ2v) is 6.58. The number of hydrogen-bond donors (Lipinski definition) is 2. The van der Waals surface area contributed by atoms with Gasteiger partial charge in [-0.2, -0.15) is 9.61 Å². The fourth-order valence-electron chi connectivity index (χ4n) is 3.48. The first-order chi connectivity index (χ1) is 13.1. The van der Waals surface area contributed by atoms with Crippen LogP contribution in [0.5, 0.6) is 0 Å². The number of fused-ring (bicyclic) bond motifs is 2. The molecule has 0 atom stereocenters. The van der Waals surface area contributed by atoms with E-state index in [2.05, 4.69) is 74.9 Å². The molecule has 0 aliphatic carbocycles. The molecule has 0 saturated carbocycles. The minimum atomic E-state index is 0.501. The average molecular weight is 356 g/mol. The van der Waals surface area contributed by atoms with Crippen molar-refractivity contribution in [3.8, 4) is 22.5 Å². The molecule has 0 amide bonds. The molecule has 0 bridgehead atoms. The normalized spacial score (nSPS) is 11.5. The summed E-state index contributed by atoms with van der Waals surface area (Å²) in [5.74, 6) is 1.03. The summed E-state index contributed by atoms with van der Waals surface area (Å²) >= 11 is 0. The second kappa shape index (κ2) is 5.60. The third-order valence-electron chi connectivity index (χ3n) is 4.82. The Morgan fingerprint density at radius 1 is 1.04 bits per heavy atom. The molecule has 8 nitrogen and oxygen atoms in total. The van der Waals surface area contributed by atoms with Crippen molar-refractivity contribution in [3.63, 3.8) is 0 Å². The van der Waals surface area contributed by atoms with E-state index in [0.717, 1.165) is 27.5 Å². The quantitative estimate of drug-likeness (QED) is 0.503. The van der Waals surface area contributed by atoms with Gasteiger partial charge in [-0.1, -0.05) is 35.9 Å². The molecule has 3 heterocycles. The largest absolute Gasteiger partial charge is 0.383 e. The van der Waals surface area contributed by atoms with E-state index in [0.29, 0.717) is 22.9 Å². The third-order valence-corrected chi connectivity index (χ3v) is 4.82. The lowest BCUT2D eigenvalue weighted by Crippen LogP contribution is -2.04. The Bertz CT molecular complexity index is 1300. The van der Waals surface area contributed by atoms with Crippen LogP contribution in [0.3, 0.4) is 0 Å². The number of aromatic amines is 1. The van der Waals surface area contributed by atoms with Gasteiger partial charge < -0.3 is 5.73 Å². The average Bonchev–Trinajstić information content (AvgIpc) is 3.32. The molecular formula is C19H16N8. The first kappa shape index (κ1) is 15.4. The van der Waals surface area contributed by atoms with E-state index in [1.165, 1.54) is 5.56 Å². The number of aryl methyl sites for hydroxylation is 2. The van der Waals surface area contributed by atoms with Crippen molar-refractivity contribution >= 4 is 22.2 Å². The lowest BCUT2D eigenvalue weighted by atomic mass is 9.94. The molecule has 0 aliphatic heterocycles. The molecule has 27 heavy (non-hydrogen) atoms. The van der Waals surface area contributed by atoms with E-state index >= 15 is 0 Å². The molecular weight excluding hydrogens is 340 g/mol. The minimum Gasteiger partial charge on any atom is -0.383 e. The molecule has 0 spiro atoms. The van der Waals surface area contributed by atoms with Crippen molar-refractivity contribution in [1.82, 2.24) is 35.2 Å². The zero-order valence-electron chi connectivity index (χ0n) is 14.8. The van der Waals surface area contributed by atoms with Gasteiger partial charge in [0.2, 0.25) is 0 Å². The Morgan fingerprint density at radius 3 is 2.70 bits per heavy atom. The summed E-state index contributed by atoms with van der Waals surface area (Å²) in [6, 6.07) is 10.6. The second-order valence-electron chi connectivity index (χ2n) is 6.58. The van der Waals surface area contributed by atoms with E-state index in [9.17, 15) is 0 Å². The van der Waals surface area contributed by atoms with Crippen molar-refractivity contribution in [1.29, 1.82) is 0 Å². The van der Waals surface area contributed by atoms with Crippen molar-refractivity contribution in [3.05, 3.63) is 53.9 Å². The molecule has 5 aromatic rings. The van der Waals surface area contributed by atoms with Gasteiger partial charge in [-0.3, -0.25) is 0 Å². The summed E-state index contributed by atoms with van der Waals surface area (Å²) in [6.45, 7) is 4.16. The van der Waals surface area contributed by atoms with Gasteiger partial charge in [0.1, 0.15) is 5.82 Å². The van der Waals surface area contributed by atoms with Crippen LogP contribution in [0.2, 0.25) is 0 Å². The smallest absolute Gasteiger partial charge is 0.184 e. The van der Waals surface area contributed by atoms with Crippen molar-refractivity contribution in [2.75, 3.05) is 5.73 Å². The number of nitrogens with one attached hydrogen (secondary N) is 1. The third kappa shape index (κ3) is 2.27. The number of nitrogen functional groups attached to an aromatic ring is 1. The number of nitrogens with zero attached hydrogens (tertiary/aromatic N) is 6. The van der Waals surface area contributed by atoms with Crippen molar-refractivity contribution in [2.24, 2.45) is 0 Å². The van der Waals surface area contributed by atoms with Crippen LogP contribution in [0.4, 0.5) is 5.82 Å². The van der Waals surface area contributed by atoms with E-state index in [1.807, 2.05) is 0 Å². The molecule has 2 aromatic carbocycles. The number of nitrogens with two attached hydrogens (primary N) is 1. The highest BCUT2D eigenvalue weighted by molar-refractivity contribution is 6.01. The van der Waals surface area contributed by atoms with Crippen LogP contribution in [-0.4, -0.2) is 35.2 Å². The molecule has 3 aromatic heterocycles. The number of benzene rings is 2. The van der Waals surface area contributed by atoms with Crippen LogP contribution in [0.15, 0.2) is 42.7 Å². The number of anilines is 1. The number of aromatic nitrogens is 7. The van der Waals surface area contributed by atoms with E-state index in [-0.39, 0.29) is 0 Å². The lowest BCUT2D eigenvalue weighted by Gasteiger charge is -2.14. The molecule has 0 unspecified atom stereocenters. The van der Waals surface area contributed by atoms with Crippen LogP contribution in [0.1, 0.15) is 11.1 Å². The maximum atomic E-state index is 6.51. The molecule has 0 aliphatic rings. The fraction of sp³-hybridized carbons (Fsp3) is 0.105. The first-order valence-electron chi connectivity index (χ1n) is 8.50. The van der Waals surface area contributed by atoms with Crippen LogP contribution in [0, 0.1) is 13.8 Å². The van der Waals surface area contributed by atoms with Gasteiger partial charge in [-0.05, 0) is 46.2 Å². The summed E-state index contributed by atoms with van der Waals surface area (Å²) in [4.78, 5) is 4.61. The standard InChI is InChI=1S/C19H16N8/c1-10-3-5-12-6-4-11(2)16(13(12)7-10)14-8-21-19-15(18-23-25-26-24-18)9-22-27(19)17(14)20/h3-9H,20H2,1-2H3,(H,23,24,25,26). The van der Waals surface area contributed by atoms with Crippen LogP contribution < -0.4 is 5.73 Å². The predicted octanol–water partition coefficient (Wildman–Crippen LogP) is 2.93. The Kier molecular flexibility index (Phi) is 3.20. The topological polar surface area (TPSA) is 111 Å². The van der Waals surface area contributed by atoms with Crippen molar-refractivity contribution in [2.45, 2.75) is 13.8 Å². The Morgan fingerprint density at radius 2 is 1.89 bits per heavy atom. The summed E-state index contributed by atoms with van der Waals surface area (Å²) in [7, 11) is 0. The summed E-state index contributed by atoms with van der Waals surface area (Å²) in [5.41, 5.74) is 12.1. The SMILES string of the molecule is Cc1ccc2ccc(C)c(-c3cnc4c(-c5nnn[nH]5)cnn4c3N)c2c1. The fourth-order valence-corrected chi connectivity index (χ4v) is 3.48. The highest BCUT2D eigenvalue weighted by Gasteiger charge is 2.18. The maximum Gasteiger partial charge on any atom is 0.184 e. The Labute approximate surface area is 154 Å². The molecule has 0 saturated heterocycles. The van der Waals surface area contributed by atoms with Gasteiger partial charge >= 0.3 is 0 Å². The zero-order valence-corrected chi connectivity index (χ0v) is 14.8. The van der Waals surface area contributed by atoms with E-state index < -0.39 is 0 Å². The Balaban J connectivity index is 1.80. The predicted molar refractivity (Wildman–Crippen MR) is 103 cm³/mol. The monoisotopic (exact) mass is 356 g/mol. The van der Waals surface area contributed by atoms with Crippen LogP contribution >= 0.6 is 0 Å². The van der Waals surface area contributed by atoms with Gasteiger partial charge in [0.25, 0.3) is 0 Å². The summed E-state index contributed by atoms with van der Waals surface area (Å²) < 4.78 is 1.63. The van der Waals surface area contributed by atoms with Gasteiger partial charge in [-0.15, -0.1) is 5.10 Å². The number of hydrogen-bond acceptors (Lipinski definition) is 6. The summed E-state index contributed by atoms with van der Waals surface area (Å²) in [6.07, 6.45) is 3.45. The molecule has 0 radical (unpaired) electrons. The molecule has 3 N–H and O–H groups in total. The number of H-pyrrole nitrogens is 1. The van der Waals surface area contributed by atoms with Gasteiger partial charge in [-0.25, -0.2) is 10.1 Å². The first-order valence-corrected chi connectivity index (χ1v) is 8.50. The number of rotatable bonds is 2. The number of tetrazole rings is 1. The van der Waals surface area contributed by atoms with E-state index in [4.69, 9.17) is 5.73 Å². The summed E-state index contributed by atoms with van der Waals surface area (Å²) in [5, 5.41) is 20.6. The minimum absolute atomic E-state index is 0.501. The molecule has 132 valence electrons. The van der Waals surface area contributed by atoms with Crippen LogP contribution in [-0.2, 0) is 0 Å². The molecule has 8 heteroatoms. The zero-order chi connectivity index (χ0) is 18.5. The Hall–Kier alpha value is -3.81. The van der Waals surface area contributed by atoms with E-state index in [1.54, 1.807) is 16.9 Å². The highest BCUT2D eigenvalue weighted by Crippen LogP contribution is 2.36. The maximum absolute atomic E-state index is 6.51. The van der Waals surface area contributed by atoms with Crippen LogP contribution in [0.25, 0.3) is 38.9 Å². The highest BCUT2D eigenvalue weighted by atomic mass is 15.5. The van der Waals surface area contributed by atoms with Gasteiger partial charge in [0.05, 0.1) is 11.8 Å². The molecule has 5 rings (SSSR count).